The molecule has 134 valence electrons. The van der Waals surface area contributed by atoms with E-state index >= 15 is 0 Å². The summed E-state index contributed by atoms with van der Waals surface area (Å²) in [6.07, 6.45) is -1.38. The minimum Gasteiger partial charge on any atom is -0.465 e. The Bertz CT molecular complexity index is 809. The molecule has 0 radical (unpaired) electrons. The molecule has 0 aliphatic heterocycles. The maximum atomic E-state index is 12.6. The molecule has 6 nitrogen and oxygen atoms in total. The molecule has 2 atom stereocenters. The summed E-state index contributed by atoms with van der Waals surface area (Å²) >= 11 is 3.23. The van der Waals surface area contributed by atoms with Crippen molar-refractivity contribution in [2.75, 3.05) is 6.61 Å². The van der Waals surface area contributed by atoms with Gasteiger partial charge in [0.15, 0.2) is 0 Å². The number of aliphatic hydroxyl groups excluding tert-OH is 1. The third-order valence-electron chi connectivity index (χ3n) is 3.40. The molecule has 2 aromatic carbocycles. The Morgan fingerprint density at radius 1 is 1.16 bits per heavy atom. The van der Waals surface area contributed by atoms with Gasteiger partial charge >= 0.3 is 5.97 Å². The fourth-order valence-corrected chi connectivity index (χ4v) is 3.62. The Balaban J connectivity index is 2.32. The van der Waals surface area contributed by atoms with E-state index in [2.05, 4.69) is 20.7 Å². The van der Waals surface area contributed by atoms with Gasteiger partial charge in [-0.3, -0.25) is 4.79 Å². The number of hydrogen-bond acceptors (Lipinski definition) is 5. The van der Waals surface area contributed by atoms with Crippen LogP contribution >= 0.6 is 15.9 Å². The number of nitrogens with one attached hydrogen (secondary N) is 1. The summed E-state index contributed by atoms with van der Waals surface area (Å²) in [7, 11) is -4.02. The highest BCUT2D eigenvalue weighted by Crippen LogP contribution is 2.21. The minimum atomic E-state index is -4.02. The van der Waals surface area contributed by atoms with Crippen molar-refractivity contribution in [3.8, 4) is 0 Å². The molecular formula is C17H18BrNO5S. The van der Waals surface area contributed by atoms with Gasteiger partial charge in [0.25, 0.3) is 0 Å². The Labute approximate surface area is 155 Å². The standard InChI is InChI=1S/C17H18BrNO5S/c1-2-24-17(21)15(16(20)12-6-4-3-5-7-12)19-25(22,23)14-10-8-13(18)9-11-14/h3-11,15-16,19-20H,2H2,1H3. The number of carbonyl (C=O) groups excluding carboxylic acids is 1. The van der Waals surface area contributed by atoms with Gasteiger partial charge in [-0.15, -0.1) is 0 Å². The molecule has 2 rings (SSSR count). The fourth-order valence-electron chi connectivity index (χ4n) is 2.17. The Hall–Kier alpha value is -1.74. The van der Waals surface area contributed by atoms with E-state index in [1.807, 2.05) is 0 Å². The molecule has 0 saturated heterocycles. The number of benzene rings is 2. The first kappa shape index (κ1) is 19.6. The second-order valence-electron chi connectivity index (χ2n) is 5.16. The Morgan fingerprint density at radius 3 is 2.32 bits per heavy atom. The summed E-state index contributed by atoms with van der Waals surface area (Å²) in [4.78, 5) is 12.2. The summed E-state index contributed by atoms with van der Waals surface area (Å²) in [6, 6.07) is 12.8. The van der Waals surface area contributed by atoms with Crippen molar-refractivity contribution < 1.29 is 23.1 Å². The second-order valence-corrected chi connectivity index (χ2v) is 7.79. The van der Waals surface area contributed by atoms with Crippen molar-refractivity contribution in [2.24, 2.45) is 0 Å². The zero-order valence-corrected chi connectivity index (χ0v) is 15.8. The largest absolute Gasteiger partial charge is 0.465 e. The summed E-state index contributed by atoms with van der Waals surface area (Å²) in [5, 5.41) is 10.5. The van der Waals surface area contributed by atoms with Crippen molar-refractivity contribution in [3.63, 3.8) is 0 Å². The van der Waals surface area contributed by atoms with Crippen LogP contribution < -0.4 is 4.72 Å². The van der Waals surface area contributed by atoms with E-state index in [0.29, 0.717) is 5.56 Å². The zero-order chi connectivity index (χ0) is 18.4. The molecule has 0 saturated carbocycles. The first-order chi connectivity index (χ1) is 11.8. The van der Waals surface area contributed by atoms with Gasteiger partial charge in [-0.25, -0.2) is 8.42 Å². The van der Waals surface area contributed by atoms with E-state index in [1.54, 1.807) is 49.4 Å². The first-order valence-corrected chi connectivity index (χ1v) is 9.80. The molecule has 0 amide bonds. The first-order valence-electron chi connectivity index (χ1n) is 7.52. The molecule has 0 aromatic heterocycles. The van der Waals surface area contributed by atoms with Gasteiger partial charge in [0.1, 0.15) is 12.1 Å². The second kappa shape index (κ2) is 8.57. The smallest absolute Gasteiger partial charge is 0.327 e. The molecule has 2 unspecified atom stereocenters. The van der Waals surface area contributed by atoms with E-state index in [-0.39, 0.29) is 11.5 Å². The number of sulfonamides is 1. The van der Waals surface area contributed by atoms with Crippen molar-refractivity contribution >= 4 is 31.9 Å². The highest BCUT2D eigenvalue weighted by Gasteiger charge is 2.33. The predicted molar refractivity (Wildman–Crippen MR) is 96.3 cm³/mol. The van der Waals surface area contributed by atoms with Gasteiger partial charge in [0, 0.05) is 4.47 Å². The molecule has 25 heavy (non-hydrogen) atoms. The zero-order valence-electron chi connectivity index (χ0n) is 13.4. The quantitative estimate of drug-likeness (QED) is 0.661. The van der Waals surface area contributed by atoms with Crippen molar-refractivity contribution in [3.05, 3.63) is 64.6 Å². The van der Waals surface area contributed by atoms with Crippen molar-refractivity contribution in [1.82, 2.24) is 4.72 Å². The lowest BCUT2D eigenvalue weighted by Crippen LogP contribution is -2.45. The van der Waals surface area contributed by atoms with Crippen LogP contribution in [0.3, 0.4) is 0 Å². The van der Waals surface area contributed by atoms with Crippen LogP contribution in [0.2, 0.25) is 0 Å². The van der Waals surface area contributed by atoms with Crippen LogP contribution in [0.4, 0.5) is 0 Å². The summed E-state index contributed by atoms with van der Waals surface area (Å²) < 4.78 is 33.0. The minimum absolute atomic E-state index is 0.0229. The Morgan fingerprint density at radius 2 is 1.76 bits per heavy atom. The predicted octanol–water partition coefficient (Wildman–Crippen LogP) is 2.39. The lowest BCUT2D eigenvalue weighted by Gasteiger charge is -2.22. The van der Waals surface area contributed by atoms with E-state index in [9.17, 15) is 18.3 Å². The van der Waals surface area contributed by atoms with E-state index in [0.717, 1.165) is 4.47 Å². The van der Waals surface area contributed by atoms with Crippen molar-refractivity contribution in [1.29, 1.82) is 0 Å². The molecule has 0 aliphatic carbocycles. The molecular weight excluding hydrogens is 410 g/mol. The maximum Gasteiger partial charge on any atom is 0.327 e. The molecule has 2 N–H and O–H groups in total. The van der Waals surface area contributed by atoms with Crippen LogP contribution in [0.25, 0.3) is 0 Å². The van der Waals surface area contributed by atoms with Gasteiger partial charge in [0.2, 0.25) is 10.0 Å². The highest BCUT2D eigenvalue weighted by atomic mass is 79.9. The van der Waals surface area contributed by atoms with E-state index in [1.165, 1.54) is 12.1 Å². The average molecular weight is 428 g/mol. The molecule has 0 bridgehead atoms. The monoisotopic (exact) mass is 427 g/mol. The Kier molecular flexibility index (Phi) is 6.71. The third kappa shape index (κ3) is 5.12. The van der Waals surface area contributed by atoms with Gasteiger partial charge in [-0.05, 0) is 36.8 Å². The third-order valence-corrected chi connectivity index (χ3v) is 5.39. The van der Waals surface area contributed by atoms with E-state index < -0.39 is 28.1 Å². The number of hydrogen-bond donors (Lipinski definition) is 2. The molecule has 0 heterocycles. The number of rotatable bonds is 7. The fraction of sp³-hybridized carbons (Fsp3) is 0.235. The number of ether oxygens (including phenoxy) is 1. The number of esters is 1. The lowest BCUT2D eigenvalue weighted by atomic mass is 10.0. The van der Waals surface area contributed by atoms with Gasteiger partial charge < -0.3 is 9.84 Å². The molecule has 0 spiro atoms. The van der Waals surface area contributed by atoms with Crippen LogP contribution in [0.5, 0.6) is 0 Å². The van der Waals surface area contributed by atoms with Crippen LogP contribution in [0.1, 0.15) is 18.6 Å². The van der Waals surface area contributed by atoms with Crippen molar-refractivity contribution in [2.45, 2.75) is 24.0 Å². The topological polar surface area (TPSA) is 92.7 Å². The van der Waals surface area contributed by atoms with Crippen LogP contribution in [-0.2, 0) is 19.6 Å². The van der Waals surface area contributed by atoms with E-state index in [4.69, 9.17) is 4.74 Å². The lowest BCUT2D eigenvalue weighted by molar-refractivity contribution is -0.148. The van der Waals surface area contributed by atoms with Crippen LogP contribution in [-0.4, -0.2) is 32.1 Å². The summed E-state index contributed by atoms with van der Waals surface area (Å²) in [6.45, 7) is 1.67. The molecule has 0 aliphatic rings. The van der Waals surface area contributed by atoms with Gasteiger partial charge in [-0.1, -0.05) is 46.3 Å². The number of halogens is 1. The average Bonchev–Trinajstić information content (AvgIpc) is 2.60. The summed E-state index contributed by atoms with van der Waals surface area (Å²) in [5.74, 6) is -0.848. The molecule has 0 fully saturated rings. The molecule has 2 aromatic rings. The number of aliphatic hydroxyl groups is 1. The van der Waals surface area contributed by atoms with Gasteiger partial charge in [0.05, 0.1) is 11.5 Å². The number of carbonyl (C=O) groups is 1. The SMILES string of the molecule is CCOC(=O)C(NS(=O)(=O)c1ccc(Br)cc1)C(O)c1ccccc1. The highest BCUT2D eigenvalue weighted by molar-refractivity contribution is 9.10. The van der Waals surface area contributed by atoms with Crippen LogP contribution in [0, 0.1) is 0 Å². The summed E-state index contributed by atoms with van der Waals surface area (Å²) in [5.41, 5.74) is 0.402. The van der Waals surface area contributed by atoms with Gasteiger partial charge in [-0.2, -0.15) is 4.72 Å². The normalized spacial score (nSPS) is 13.9. The van der Waals surface area contributed by atoms with Crippen LogP contribution in [0.15, 0.2) is 64.0 Å². The molecule has 8 heteroatoms. The maximum absolute atomic E-state index is 12.6.